The van der Waals surface area contributed by atoms with Gasteiger partial charge in [-0.15, -0.1) is 0 Å². The summed E-state index contributed by atoms with van der Waals surface area (Å²) in [4.78, 5) is 35.5. The normalized spacial score (nSPS) is 14.3. The molecular weight excluding hydrogens is 272 g/mol. The first-order valence-corrected chi connectivity index (χ1v) is 6.93. The van der Waals surface area contributed by atoms with E-state index in [0.29, 0.717) is 18.5 Å². The van der Waals surface area contributed by atoms with Crippen LogP contribution in [0.2, 0.25) is 0 Å². The lowest BCUT2D eigenvalue weighted by Crippen LogP contribution is -2.26. The van der Waals surface area contributed by atoms with Gasteiger partial charge in [-0.3, -0.25) is 14.4 Å². The molecule has 1 aromatic carbocycles. The molecule has 0 spiro atoms. The van der Waals surface area contributed by atoms with Crippen LogP contribution < -0.4 is 5.32 Å². The monoisotopic (exact) mass is 290 g/mol. The first-order valence-electron chi connectivity index (χ1n) is 6.93. The lowest BCUT2D eigenvalue weighted by Gasteiger charge is -2.15. The van der Waals surface area contributed by atoms with Gasteiger partial charge in [0.25, 0.3) is 5.91 Å². The second-order valence-corrected chi connectivity index (χ2v) is 5.02. The molecule has 0 radical (unpaired) electrons. The maximum atomic E-state index is 11.8. The Morgan fingerprint density at radius 2 is 1.95 bits per heavy atom. The number of hydrogen-bond donors (Lipinski definition) is 2. The molecule has 1 fully saturated rings. The average Bonchev–Trinajstić information content (AvgIpc) is 2.84. The van der Waals surface area contributed by atoms with Gasteiger partial charge in [0.05, 0.1) is 6.42 Å². The fraction of sp³-hybridized carbons (Fsp3) is 0.400. The predicted octanol–water partition coefficient (Wildman–Crippen LogP) is 1.01. The molecule has 1 aliphatic heterocycles. The quantitative estimate of drug-likeness (QED) is 0.818. The molecule has 2 N–H and O–H groups in total. The number of nitrogens with zero attached hydrogens (tertiary/aromatic N) is 1. The highest BCUT2D eigenvalue weighted by Crippen LogP contribution is 2.14. The first kappa shape index (κ1) is 15.0. The predicted molar refractivity (Wildman–Crippen MR) is 75.7 cm³/mol. The minimum Gasteiger partial charge on any atom is -0.481 e. The van der Waals surface area contributed by atoms with E-state index in [1.165, 1.54) is 0 Å². The molecule has 0 aromatic heterocycles. The number of carbonyl (C=O) groups excluding carboxylic acids is 2. The lowest BCUT2D eigenvalue weighted by atomic mass is 10.1. The molecule has 1 saturated heterocycles. The van der Waals surface area contributed by atoms with Crippen LogP contribution in [0.3, 0.4) is 0 Å². The molecule has 2 amide bonds. The van der Waals surface area contributed by atoms with Crippen LogP contribution in [0.15, 0.2) is 24.3 Å². The van der Waals surface area contributed by atoms with E-state index in [1.54, 1.807) is 12.1 Å². The van der Waals surface area contributed by atoms with Crippen LogP contribution >= 0.6 is 0 Å². The van der Waals surface area contributed by atoms with E-state index in [9.17, 15) is 14.4 Å². The van der Waals surface area contributed by atoms with E-state index in [1.807, 2.05) is 17.0 Å². The zero-order valence-electron chi connectivity index (χ0n) is 11.7. The topological polar surface area (TPSA) is 86.7 Å². The van der Waals surface area contributed by atoms with Crippen molar-refractivity contribution in [1.29, 1.82) is 0 Å². The van der Waals surface area contributed by atoms with Crippen LogP contribution in [0.4, 0.5) is 0 Å². The van der Waals surface area contributed by atoms with E-state index in [4.69, 9.17) is 5.11 Å². The summed E-state index contributed by atoms with van der Waals surface area (Å²) in [5.41, 5.74) is 1.46. The van der Waals surface area contributed by atoms with Crippen molar-refractivity contribution in [2.24, 2.45) is 0 Å². The molecule has 0 unspecified atom stereocenters. The van der Waals surface area contributed by atoms with Crippen molar-refractivity contribution in [3.63, 3.8) is 0 Å². The van der Waals surface area contributed by atoms with E-state index in [2.05, 4.69) is 5.32 Å². The average molecular weight is 290 g/mol. The molecule has 0 saturated carbocycles. The number of carboxylic acid groups (broad SMARTS) is 1. The fourth-order valence-corrected chi connectivity index (χ4v) is 2.24. The number of amides is 2. The van der Waals surface area contributed by atoms with Crippen molar-refractivity contribution < 1.29 is 19.5 Å². The van der Waals surface area contributed by atoms with Gasteiger partial charge in [-0.2, -0.15) is 0 Å². The van der Waals surface area contributed by atoms with Crippen molar-refractivity contribution >= 4 is 17.8 Å². The van der Waals surface area contributed by atoms with E-state index < -0.39 is 5.97 Å². The second kappa shape index (κ2) is 6.88. The Labute approximate surface area is 122 Å². The molecule has 1 aromatic rings. The summed E-state index contributed by atoms with van der Waals surface area (Å²) in [5, 5.41) is 11.1. The maximum Gasteiger partial charge on any atom is 0.305 e. The van der Waals surface area contributed by atoms with E-state index in [0.717, 1.165) is 18.5 Å². The molecule has 0 aliphatic carbocycles. The van der Waals surface area contributed by atoms with Crippen molar-refractivity contribution in [2.45, 2.75) is 25.8 Å². The summed E-state index contributed by atoms with van der Waals surface area (Å²) in [6.07, 6.45) is 1.42. The van der Waals surface area contributed by atoms with Crippen molar-refractivity contribution in [3.8, 4) is 0 Å². The number of carboxylic acids is 1. The van der Waals surface area contributed by atoms with Gasteiger partial charge in [0.1, 0.15) is 0 Å². The summed E-state index contributed by atoms with van der Waals surface area (Å²) >= 11 is 0. The van der Waals surface area contributed by atoms with Crippen LogP contribution in [0, 0.1) is 0 Å². The van der Waals surface area contributed by atoms with Crippen LogP contribution in [0.5, 0.6) is 0 Å². The minimum absolute atomic E-state index is 0.0963. The van der Waals surface area contributed by atoms with E-state index in [-0.39, 0.29) is 24.8 Å². The van der Waals surface area contributed by atoms with Gasteiger partial charge < -0.3 is 15.3 Å². The lowest BCUT2D eigenvalue weighted by molar-refractivity contribution is -0.136. The highest BCUT2D eigenvalue weighted by molar-refractivity contribution is 5.94. The number of benzene rings is 1. The SMILES string of the molecule is O=C(O)CCNC(=O)c1ccc(CN2CCCC2=O)cc1. The second-order valence-electron chi connectivity index (χ2n) is 5.02. The number of nitrogens with one attached hydrogen (secondary N) is 1. The minimum atomic E-state index is -0.944. The van der Waals surface area contributed by atoms with Crippen LogP contribution in [-0.4, -0.2) is 40.9 Å². The molecular formula is C15H18N2O4. The molecule has 6 nitrogen and oxygen atoms in total. The van der Waals surface area contributed by atoms with Crippen molar-refractivity contribution in [2.75, 3.05) is 13.1 Å². The Kier molecular flexibility index (Phi) is 4.92. The highest BCUT2D eigenvalue weighted by Gasteiger charge is 2.19. The Bertz CT molecular complexity index is 539. The fourth-order valence-electron chi connectivity index (χ4n) is 2.24. The van der Waals surface area contributed by atoms with Crippen LogP contribution in [0.25, 0.3) is 0 Å². The Morgan fingerprint density at radius 3 is 2.52 bits per heavy atom. The van der Waals surface area contributed by atoms with Gasteiger partial charge >= 0.3 is 5.97 Å². The summed E-state index contributed by atoms with van der Waals surface area (Å²) in [6.45, 7) is 1.47. The Hall–Kier alpha value is -2.37. The molecule has 6 heteroatoms. The zero-order valence-corrected chi connectivity index (χ0v) is 11.7. The summed E-state index contributed by atoms with van der Waals surface area (Å²) in [6, 6.07) is 7.01. The summed E-state index contributed by atoms with van der Waals surface area (Å²) in [5.74, 6) is -1.06. The molecule has 1 aliphatic rings. The van der Waals surface area contributed by atoms with Crippen LogP contribution in [0.1, 0.15) is 35.2 Å². The standard InChI is InChI=1S/C15H18N2O4/c18-13-2-1-9-17(13)10-11-3-5-12(6-4-11)15(21)16-8-7-14(19)20/h3-6H,1-2,7-10H2,(H,16,21)(H,19,20). The number of likely N-dealkylation sites (tertiary alicyclic amines) is 1. The van der Waals surface area contributed by atoms with Gasteiger partial charge in [-0.05, 0) is 24.1 Å². The van der Waals surface area contributed by atoms with Crippen molar-refractivity contribution in [3.05, 3.63) is 35.4 Å². The van der Waals surface area contributed by atoms with Crippen LogP contribution in [-0.2, 0) is 16.1 Å². The number of hydrogen-bond acceptors (Lipinski definition) is 3. The van der Waals surface area contributed by atoms with E-state index >= 15 is 0 Å². The summed E-state index contributed by atoms with van der Waals surface area (Å²) < 4.78 is 0. The first-order chi connectivity index (χ1) is 10.1. The smallest absolute Gasteiger partial charge is 0.305 e. The Morgan fingerprint density at radius 1 is 1.24 bits per heavy atom. The zero-order chi connectivity index (χ0) is 15.2. The van der Waals surface area contributed by atoms with Gasteiger partial charge in [-0.1, -0.05) is 12.1 Å². The highest BCUT2D eigenvalue weighted by atomic mass is 16.4. The van der Waals surface area contributed by atoms with Crippen molar-refractivity contribution in [1.82, 2.24) is 10.2 Å². The third-order valence-corrected chi connectivity index (χ3v) is 3.39. The molecule has 0 bridgehead atoms. The third kappa shape index (κ3) is 4.30. The molecule has 2 rings (SSSR count). The largest absolute Gasteiger partial charge is 0.481 e. The number of rotatable bonds is 6. The summed E-state index contributed by atoms with van der Waals surface area (Å²) in [7, 11) is 0. The van der Waals surface area contributed by atoms with Gasteiger partial charge in [0.2, 0.25) is 5.91 Å². The Balaban J connectivity index is 1.87. The third-order valence-electron chi connectivity index (χ3n) is 3.39. The van der Waals surface area contributed by atoms with Gasteiger partial charge in [0, 0.05) is 31.6 Å². The van der Waals surface area contributed by atoms with Gasteiger partial charge in [-0.25, -0.2) is 0 Å². The van der Waals surface area contributed by atoms with Gasteiger partial charge in [0.15, 0.2) is 0 Å². The number of aliphatic carboxylic acids is 1. The molecule has 0 atom stereocenters. The molecule has 112 valence electrons. The number of carbonyl (C=O) groups is 3. The molecule has 21 heavy (non-hydrogen) atoms. The molecule has 1 heterocycles. The maximum absolute atomic E-state index is 11.8.